The first kappa shape index (κ1) is 24.6. The fraction of sp³-hybridized carbons (Fsp3) is 0.290. The third-order valence-electron chi connectivity index (χ3n) is 6.86. The van der Waals surface area contributed by atoms with Crippen molar-refractivity contribution in [2.24, 2.45) is 0 Å². The van der Waals surface area contributed by atoms with Crippen molar-refractivity contribution >= 4 is 22.7 Å². The van der Waals surface area contributed by atoms with Gasteiger partial charge in [0.2, 0.25) is 5.78 Å². The van der Waals surface area contributed by atoms with Gasteiger partial charge in [0.1, 0.15) is 17.1 Å². The van der Waals surface area contributed by atoms with Crippen LogP contribution in [0.3, 0.4) is 0 Å². The van der Waals surface area contributed by atoms with E-state index in [1.54, 1.807) is 4.90 Å². The fourth-order valence-electron chi connectivity index (χ4n) is 4.76. The Kier molecular flexibility index (Phi) is 6.99. The molecule has 190 valence electrons. The number of furan rings is 1. The van der Waals surface area contributed by atoms with Gasteiger partial charge in [0, 0.05) is 35.7 Å². The largest absolute Gasteiger partial charge is 0.493 e. The predicted molar refractivity (Wildman–Crippen MR) is 144 cm³/mol. The average molecular weight is 498 g/mol. The molecule has 0 radical (unpaired) electrons. The van der Waals surface area contributed by atoms with Crippen LogP contribution in [0, 0.1) is 6.92 Å². The molecule has 5 rings (SSSR count). The molecule has 0 saturated heterocycles. The third kappa shape index (κ3) is 4.96. The third-order valence-corrected chi connectivity index (χ3v) is 6.86. The number of ether oxygens (including phenoxy) is 2. The molecule has 0 N–H and O–H groups in total. The second-order valence-electron chi connectivity index (χ2n) is 9.29. The molecule has 6 heteroatoms. The average Bonchev–Trinajstić information content (AvgIpc) is 3.29. The first-order valence-corrected chi connectivity index (χ1v) is 12.8. The number of fused-ring (bicyclic) bond motifs is 2. The summed E-state index contributed by atoms with van der Waals surface area (Å²) in [5.41, 5.74) is 4.98. The van der Waals surface area contributed by atoms with E-state index in [0.717, 1.165) is 46.2 Å². The van der Waals surface area contributed by atoms with Gasteiger partial charge in [0.05, 0.1) is 6.61 Å². The lowest BCUT2D eigenvalue weighted by molar-refractivity contribution is -0.132. The minimum absolute atomic E-state index is 0.0149. The number of hydrogen-bond donors (Lipinski definition) is 0. The number of benzene rings is 3. The number of carbonyl (C=O) groups excluding carboxylic acids is 2. The summed E-state index contributed by atoms with van der Waals surface area (Å²) >= 11 is 0. The molecule has 0 unspecified atom stereocenters. The molecular formula is C31H31NO5. The van der Waals surface area contributed by atoms with Crippen molar-refractivity contribution in [2.75, 3.05) is 26.3 Å². The molecule has 0 fully saturated rings. The van der Waals surface area contributed by atoms with E-state index in [0.29, 0.717) is 42.4 Å². The maximum absolute atomic E-state index is 13.6. The zero-order valence-corrected chi connectivity index (χ0v) is 21.5. The van der Waals surface area contributed by atoms with Gasteiger partial charge in [0.15, 0.2) is 12.4 Å². The van der Waals surface area contributed by atoms with Crippen LogP contribution in [-0.2, 0) is 11.2 Å². The van der Waals surface area contributed by atoms with Crippen molar-refractivity contribution in [1.29, 1.82) is 0 Å². The molecular weight excluding hydrogens is 466 g/mol. The van der Waals surface area contributed by atoms with Gasteiger partial charge in [-0.15, -0.1) is 0 Å². The predicted octanol–water partition coefficient (Wildman–Crippen LogP) is 6.21. The number of hydrogen-bond acceptors (Lipinski definition) is 5. The normalized spacial score (nSPS) is 12.6. The number of likely N-dealkylation sites (N-methyl/N-ethyl adjacent to an activating group) is 1. The molecule has 0 aliphatic carbocycles. The number of rotatable bonds is 8. The van der Waals surface area contributed by atoms with Crippen LogP contribution in [0.4, 0.5) is 0 Å². The van der Waals surface area contributed by atoms with Gasteiger partial charge >= 0.3 is 0 Å². The summed E-state index contributed by atoms with van der Waals surface area (Å²) in [5.74, 6) is 1.49. The second-order valence-corrected chi connectivity index (χ2v) is 9.29. The summed E-state index contributed by atoms with van der Waals surface area (Å²) in [6, 6.07) is 18.9. The Morgan fingerprint density at radius 3 is 2.41 bits per heavy atom. The highest BCUT2D eigenvalue weighted by atomic mass is 16.5. The van der Waals surface area contributed by atoms with Crippen LogP contribution < -0.4 is 9.47 Å². The molecule has 3 aromatic carbocycles. The Morgan fingerprint density at radius 2 is 1.70 bits per heavy atom. The van der Waals surface area contributed by atoms with Gasteiger partial charge < -0.3 is 18.8 Å². The van der Waals surface area contributed by atoms with E-state index in [2.05, 4.69) is 6.07 Å². The molecule has 6 nitrogen and oxygen atoms in total. The highest BCUT2D eigenvalue weighted by molar-refractivity contribution is 6.16. The SMILES string of the molecule is CCN(CC)C(=O)COc1ccc(-c2c(C(=O)c3ccc(C)cc3)oc3cc4c(cc23)CCCO4)cc1. The van der Waals surface area contributed by atoms with Crippen LogP contribution in [0.25, 0.3) is 22.1 Å². The minimum atomic E-state index is -0.171. The topological polar surface area (TPSA) is 69.0 Å². The Labute approximate surface area is 216 Å². The van der Waals surface area contributed by atoms with E-state index in [-0.39, 0.29) is 18.3 Å². The van der Waals surface area contributed by atoms with Crippen molar-refractivity contribution < 1.29 is 23.5 Å². The minimum Gasteiger partial charge on any atom is -0.493 e. The molecule has 0 atom stereocenters. The van der Waals surface area contributed by atoms with Crippen LogP contribution >= 0.6 is 0 Å². The Bertz CT molecular complexity index is 1430. The summed E-state index contributed by atoms with van der Waals surface area (Å²) in [6.07, 6.45) is 1.88. The van der Waals surface area contributed by atoms with Crippen molar-refractivity contribution in [1.82, 2.24) is 4.90 Å². The van der Waals surface area contributed by atoms with Gasteiger partial charge in [-0.2, -0.15) is 0 Å². The van der Waals surface area contributed by atoms with E-state index >= 15 is 0 Å². The summed E-state index contributed by atoms with van der Waals surface area (Å²) in [4.78, 5) is 27.7. The van der Waals surface area contributed by atoms with Crippen molar-refractivity contribution in [3.05, 3.63) is 83.1 Å². The summed E-state index contributed by atoms with van der Waals surface area (Å²) in [5, 5.41) is 0.880. The summed E-state index contributed by atoms with van der Waals surface area (Å²) in [6.45, 7) is 7.85. The molecule has 0 spiro atoms. The second kappa shape index (κ2) is 10.5. The molecule has 2 heterocycles. The maximum Gasteiger partial charge on any atom is 0.260 e. The molecule has 1 aromatic heterocycles. The molecule has 0 saturated carbocycles. The van der Waals surface area contributed by atoms with Crippen LogP contribution in [0.5, 0.6) is 11.5 Å². The van der Waals surface area contributed by atoms with E-state index in [1.165, 1.54) is 0 Å². The lowest BCUT2D eigenvalue weighted by atomic mass is 9.95. The highest BCUT2D eigenvalue weighted by Gasteiger charge is 2.25. The molecule has 1 amide bonds. The first-order valence-electron chi connectivity index (χ1n) is 12.8. The van der Waals surface area contributed by atoms with Gasteiger partial charge in [0.25, 0.3) is 5.91 Å². The van der Waals surface area contributed by atoms with Gasteiger partial charge in [-0.3, -0.25) is 9.59 Å². The number of nitrogens with zero attached hydrogens (tertiary/aromatic N) is 1. The zero-order valence-electron chi connectivity index (χ0n) is 21.5. The Morgan fingerprint density at radius 1 is 0.973 bits per heavy atom. The molecule has 1 aliphatic heterocycles. The van der Waals surface area contributed by atoms with Gasteiger partial charge in [-0.05, 0) is 62.9 Å². The summed E-state index contributed by atoms with van der Waals surface area (Å²) in [7, 11) is 0. The number of aryl methyl sites for hydroxylation is 2. The standard InChI is InChI=1S/C31H31NO5/c1-4-32(5-2)28(33)19-36-24-14-12-21(13-15-24)29-25-17-23-7-6-16-35-26(23)18-27(25)37-31(29)30(34)22-10-8-20(3)9-11-22/h8-15,17-18H,4-7,16,19H2,1-3H3. The molecule has 0 bridgehead atoms. The number of ketones is 1. The summed E-state index contributed by atoms with van der Waals surface area (Å²) < 4.78 is 17.8. The lowest BCUT2D eigenvalue weighted by Crippen LogP contribution is -2.34. The smallest absolute Gasteiger partial charge is 0.260 e. The number of carbonyl (C=O) groups is 2. The van der Waals surface area contributed by atoms with Gasteiger partial charge in [-0.1, -0.05) is 42.0 Å². The van der Waals surface area contributed by atoms with Gasteiger partial charge in [-0.25, -0.2) is 0 Å². The maximum atomic E-state index is 13.6. The fourth-order valence-corrected chi connectivity index (χ4v) is 4.76. The van der Waals surface area contributed by atoms with Crippen molar-refractivity contribution in [2.45, 2.75) is 33.6 Å². The van der Waals surface area contributed by atoms with Crippen LogP contribution in [0.2, 0.25) is 0 Å². The quantitative estimate of drug-likeness (QED) is 0.271. The lowest BCUT2D eigenvalue weighted by Gasteiger charge is -2.18. The first-order chi connectivity index (χ1) is 18.0. The van der Waals surface area contributed by atoms with Crippen LogP contribution in [-0.4, -0.2) is 42.9 Å². The molecule has 37 heavy (non-hydrogen) atoms. The highest BCUT2D eigenvalue weighted by Crippen LogP contribution is 2.40. The number of amides is 1. The van der Waals surface area contributed by atoms with E-state index in [1.807, 2.05) is 75.4 Å². The van der Waals surface area contributed by atoms with E-state index < -0.39 is 0 Å². The van der Waals surface area contributed by atoms with E-state index in [9.17, 15) is 9.59 Å². The Hall–Kier alpha value is -4.06. The Balaban J connectivity index is 1.52. The zero-order chi connectivity index (χ0) is 25.9. The molecule has 4 aromatic rings. The molecule has 1 aliphatic rings. The van der Waals surface area contributed by atoms with Crippen LogP contribution in [0.1, 0.15) is 47.5 Å². The van der Waals surface area contributed by atoms with E-state index in [4.69, 9.17) is 13.9 Å². The van der Waals surface area contributed by atoms with Crippen LogP contribution in [0.15, 0.2) is 65.1 Å². The van der Waals surface area contributed by atoms with Crippen molar-refractivity contribution in [3.8, 4) is 22.6 Å². The van der Waals surface area contributed by atoms with Crippen molar-refractivity contribution in [3.63, 3.8) is 0 Å². The monoisotopic (exact) mass is 497 g/mol.